The fourth-order valence-electron chi connectivity index (χ4n) is 1.83. The predicted octanol–water partition coefficient (Wildman–Crippen LogP) is 1.27. The first kappa shape index (κ1) is 9.38. The Kier molecular flexibility index (Phi) is 2.36. The van der Waals surface area contributed by atoms with Gasteiger partial charge in [0.2, 0.25) is 0 Å². The predicted molar refractivity (Wildman–Crippen MR) is 55.6 cm³/mol. The standard InChI is InChI=1S/C12H14FN/c1-8(2)10-6-9-4-3-5-14-12(9)7-11(10)13/h3-8,10-11H,1-2H3. The van der Waals surface area contributed by atoms with Crippen molar-refractivity contribution in [1.82, 2.24) is 4.98 Å². The summed E-state index contributed by atoms with van der Waals surface area (Å²) in [5.74, 6) is 0.321. The number of rotatable bonds is 1. The van der Waals surface area contributed by atoms with Crippen LogP contribution in [-0.2, 0) is 0 Å². The summed E-state index contributed by atoms with van der Waals surface area (Å²) in [6, 6.07) is 3.87. The summed E-state index contributed by atoms with van der Waals surface area (Å²) in [6.45, 7) is 4.09. The largest absolute Gasteiger partial charge is 0.257 e. The Morgan fingerprint density at radius 1 is 1.36 bits per heavy atom. The lowest BCUT2D eigenvalue weighted by molar-refractivity contribution is 0.294. The minimum Gasteiger partial charge on any atom is -0.257 e. The third kappa shape index (κ3) is 1.57. The van der Waals surface area contributed by atoms with Crippen molar-refractivity contribution in [3.8, 4) is 0 Å². The highest BCUT2D eigenvalue weighted by molar-refractivity contribution is 5.42. The lowest BCUT2D eigenvalue weighted by atomic mass is 9.87. The third-order valence-electron chi connectivity index (χ3n) is 2.70. The van der Waals surface area contributed by atoms with Gasteiger partial charge in [0.15, 0.2) is 0 Å². The minimum atomic E-state index is -0.891. The highest BCUT2D eigenvalue weighted by Gasteiger charge is 2.22. The molecule has 0 amide bonds. The maximum absolute atomic E-state index is 13.7. The van der Waals surface area contributed by atoms with Gasteiger partial charge in [-0.1, -0.05) is 26.0 Å². The summed E-state index contributed by atoms with van der Waals surface area (Å²) in [6.07, 6.45) is 4.43. The number of nitrogens with zero attached hydrogens (tertiary/aromatic N) is 1. The van der Waals surface area contributed by atoms with E-state index >= 15 is 0 Å². The molecule has 0 radical (unpaired) electrons. The van der Waals surface area contributed by atoms with Crippen LogP contribution in [0.1, 0.15) is 13.8 Å². The summed E-state index contributed by atoms with van der Waals surface area (Å²) in [5, 5.41) is 1.83. The van der Waals surface area contributed by atoms with E-state index in [9.17, 15) is 4.39 Å². The average molecular weight is 191 g/mol. The van der Waals surface area contributed by atoms with Gasteiger partial charge in [-0.25, -0.2) is 4.39 Å². The van der Waals surface area contributed by atoms with Crippen molar-refractivity contribution in [1.29, 1.82) is 0 Å². The van der Waals surface area contributed by atoms with Crippen LogP contribution in [-0.4, -0.2) is 11.2 Å². The Morgan fingerprint density at radius 2 is 2.14 bits per heavy atom. The number of alkyl halides is 1. The monoisotopic (exact) mass is 191 g/mol. The number of aromatic nitrogens is 1. The van der Waals surface area contributed by atoms with E-state index in [1.807, 2.05) is 32.1 Å². The number of hydrogen-bond donors (Lipinski definition) is 0. The molecule has 1 aliphatic rings. The number of halogens is 1. The molecule has 0 N–H and O–H groups in total. The van der Waals surface area contributed by atoms with E-state index in [4.69, 9.17) is 0 Å². The molecular weight excluding hydrogens is 177 g/mol. The molecule has 2 rings (SSSR count). The quantitative estimate of drug-likeness (QED) is 0.651. The average Bonchev–Trinajstić information content (AvgIpc) is 2.16. The molecule has 2 atom stereocenters. The lowest BCUT2D eigenvalue weighted by Crippen LogP contribution is -2.37. The van der Waals surface area contributed by atoms with Crippen LogP contribution in [0.15, 0.2) is 18.3 Å². The van der Waals surface area contributed by atoms with Crippen LogP contribution in [0, 0.1) is 11.8 Å². The zero-order valence-corrected chi connectivity index (χ0v) is 8.44. The zero-order chi connectivity index (χ0) is 10.1. The van der Waals surface area contributed by atoms with Crippen molar-refractivity contribution < 1.29 is 4.39 Å². The van der Waals surface area contributed by atoms with E-state index in [-0.39, 0.29) is 5.92 Å². The maximum atomic E-state index is 13.7. The van der Waals surface area contributed by atoms with Crippen LogP contribution in [0.25, 0.3) is 12.2 Å². The molecule has 0 fully saturated rings. The van der Waals surface area contributed by atoms with E-state index in [1.54, 1.807) is 12.3 Å². The zero-order valence-electron chi connectivity index (χ0n) is 8.44. The van der Waals surface area contributed by atoms with Gasteiger partial charge in [-0.3, -0.25) is 4.98 Å². The molecule has 0 bridgehead atoms. The van der Waals surface area contributed by atoms with Crippen molar-refractivity contribution >= 4 is 12.2 Å². The van der Waals surface area contributed by atoms with Crippen LogP contribution in [0.5, 0.6) is 0 Å². The Morgan fingerprint density at radius 3 is 2.86 bits per heavy atom. The summed E-state index contributed by atoms with van der Waals surface area (Å²) in [7, 11) is 0. The second-order valence-corrected chi connectivity index (χ2v) is 4.08. The molecule has 0 aliphatic heterocycles. The summed E-state index contributed by atoms with van der Waals surface area (Å²) in [5.41, 5.74) is 0. The normalized spacial score (nSPS) is 25.1. The molecule has 0 saturated carbocycles. The second kappa shape index (κ2) is 3.52. The number of pyridine rings is 1. The Labute approximate surface area is 83.0 Å². The molecule has 0 aromatic carbocycles. The van der Waals surface area contributed by atoms with Gasteiger partial charge in [-0.15, -0.1) is 0 Å². The van der Waals surface area contributed by atoms with Gasteiger partial charge in [0.05, 0.1) is 5.35 Å². The van der Waals surface area contributed by atoms with Crippen LogP contribution in [0.3, 0.4) is 0 Å². The number of fused-ring (bicyclic) bond motifs is 1. The van der Waals surface area contributed by atoms with E-state index < -0.39 is 6.17 Å². The van der Waals surface area contributed by atoms with E-state index in [2.05, 4.69) is 4.98 Å². The third-order valence-corrected chi connectivity index (χ3v) is 2.70. The maximum Gasteiger partial charge on any atom is 0.127 e. The highest BCUT2D eigenvalue weighted by atomic mass is 19.1. The second-order valence-electron chi connectivity index (χ2n) is 4.08. The Hall–Kier alpha value is -1.18. The molecule has 1 aliphatic carbocycles. The van der Waals surface area contributed by atoms with Gasteiger partial charge in [-0.05, 0) is 23.3 Å². The Balaban J connectivity index is 2.55. The summed E-state index contributed by atoms with van der Waals surface area (Å²) < 4.78 is 13.7. The molecule has 0 saturated heterocycles. The first-order valence-corrected chi connectivity index (χ1v) is 4.97. The topological polar surface area (TPSA) is 12.9 Å². The Bertz CT molecular complexity index is 436. The molecule has 1 aromatic heterocycles. The van der Waals surface area contributed by atoms with Crippen LogP contribution >= 0.6 is 0 Å². The fourth-order valence-corrected chi connectivity index (χ4v) is 1.83. The van der Waals surface area contributed by atoms with Gasteiger partial charge in [0.1, 0.15) is 6.17 Å². The van der Waals surface area contributed by atoms with Gasteiger partial charge in [0, 0.05) is 12.1 Å². The fraction of sp³-hybridized carbons (Fsp3) is 0.417. The first-order valence-electron chi connectivity index (χ1n) is 4.97. The van der Waals surface area contributed by atoms with E-state index in [0.717, 1.165) is 10.6 Å². The molecule has 0 spiro atoms. The smallest absolute Gasteiger partial charge is 0.127 e. The van der Waals surface area contributed by atoms with Crippen molar-refractivity contribution in [3.63, 3.8) is 0 Å². The summed E-state index contributed by atoms with van der Waals surface area (Å²) in [4.78, 5) is 4.14. The lowest BCUT2D eigenvalue weighted by Gasteiger charge is -2.21. The van der Waals surface area contributed by atoms with Crippen molar-refractivity contribution in [2.45, 2.75) is 20.0 Å². The van der Waals surface area contributed by atoms with E-state index in [1.165, 1.54) is 0 Å². The van der Waals surface area contributed by atoms with E-state index in [0.29, 0.717) is 5.92 Å². The molecule has 74 valence electrons. The van der Waals surface area contributed by atoms with Gasteiger partial charge < -0.3 is 0 Å². The first-order chi connectivity index (χ1) is 6.68. The SMILES string of the molecule is CC(C)C1C=c2cccnc2=CC1F. The highest BCUT2D eigenvalue weighted by Crippen LogP contribution is 2.21. The molecule has 1 aromatic rings. The summed E-state index contributed by atoms with van der Waals surface area (Å²) >= 11 is 0. The van der Waals surface area contributed by atoms with Crippen molar-refractivity contribution in [3.05, 3.63) is 28.9 Å². The molecule has 14 heavy (non-hydrogen) atoms. The molecule has 2 unspecified atom stereocenters. The molecule has 2 heteroatoms. The van der Waals surface area contributed by atoms with Crippen LogP contribution in [0.4, 0.5) is 4.39 Å². The van der Waals surface area contributed by atoms with Crippen molar-refractivity contribution in [2.24, 2.45) is 11.8 Å². The van der Waals surface area contributed by atoms with Crippen molar-refractivity contribution in [2.75, 3.05) is 0 Å². The van der Waals surface area contributed by atoms with Gasteiger partial charge in [-0.2, -0.15) is 0 Å². The molecule has 1 heterocycles. The van der Waals surface area contributed by atoms with Crippen LogP contribution in [0.2, 0.25) is 0 Å². The van der Waals surface area contributed by atoms with Crippen LogP contribution < -0.4 is 10.6 Å². The van der Waals surface area contributed by atoms with Gasteiger partial charge >= 0.3 is 0 Å². The molecule has 1 nitrogen and oxygen atoms in total. The molecular formula is C12H14FN. The number of hydrogen-bond acceptors (Lipinski definition) is 1. The van der Waals surface area contributed by atoms with Gasteiger partial charge in [0.25, 0.3) is 0 Å². The minimum absolute atomic E-state index is 0.00769.